The third-order valence-electron chi connectivity index (χ3n) is 5.22. The molecule has 158 valence electrons. The lowest BCUT2D eigenvalue weighted by atomic mass is 9.96. The number of aromatic nitrogens is 1. The van der Waals surface area contributed by atoms with Crippen molar-refractivity contribution in [2.75, 3.05) is 31.1 Å². The molecule has 0 aliphatic carbocycles. The number of anilines is 1. The van der Waals surface area contributed by atoms with Gasteiger partial charge in [0.25, 0.3) is 0 Å². The molecule has 0 bridgehead atoms. The van der Waals surface area contributed by atoms with Gasteiger partial charge < -0.3 is 14.4 Å². The minimum Gasteiger partial charge on any atom is -0.374 e. The number of ether oxygens (including phenoxy) is 2. The van der Waals surface area contributed by atoms with Gasteiger partial charge in [-0.2, -0.15) is 0 Å². The molecule has 1 N–H and O–H groups in total. The van der Waals surface area contributed by atoms with Crippen molar-refractivity contribution in [3.63, 3.8) is 0 Å². The molecular formula is C20H33N3O4S. The summed E-state index contributed by atoms with van der Waals surface area (Å²) in [5.74, 6) is 0.785. The Bertz CT molecular complexity index is 792. The van der Waals surface area contributed by atoms with Gasteiger partial charge in [-0.15, -0.1) is 0 Å². The van der Waals surface area contributed by atoms with E-state index in [1.807, 2.05) is 40.7 Å². The van der Waals surface area contributed by atoms with Crippen molar-refractivity contribution < 1.29 is 17.9 Å². The molecule has 1 unspecified atom stereocenters. The topological polar surface area (TPSA) is 80.8 Å². The van der Waals surface area contributed by atoms with Gasteiger partial charge in [0.1, 0.15) is 10.7 Å². The molecule has 0 amide bonds. The smallest absolute Gasteiger partial charge is 0.242 e. The van der Waals surface area contributed by atoms with E-state index in [2.05, 4.69) is 14.6 Å². The lowest BCUT2D eigenvalue weighted by Crippen LogP contribution is -2.54. The van der Waals surface area contributed by atoms with Crippen LogP contribution in [0.5, 0.6) is 0 Å². The molecule has 2 aliphatic rings. The van der Waals surface area contributed by atoms with Gasteiger partial charge in [-0.25, -0.2) is 18.1 Å². The van der Waals surface area contributed by atoms with Crippen LogP contribution in [0.4, 0.5) is 5.82 Å². The molecule has 7 nitrogen and oxygen atoms in total. The Morgan fingerprint density at radius 2 is 2.07 bits per heavy atom. The van der Waals surface area contributed by atoms with Crippen LogP contribution in [0.1, 0.15) is 52.5 Å². The molecule has 2 fully saturated rings. The average Bonchev–Trinajstić information content (AvgIpc) is 2.56. The van der Waals surface area contributed by atoms with E-state index in [1.165, 1.54) is 6.20 Å². The van der Waals surface area contributed by atoms with Crippen LogP contribution in [0.3, 0.4) is 0 Å². The summed E-state index contributed by atoms with van der Waals surface area (Å²) in [4.78, 5) is 6.71. The molecule has 0 saturated carbocycles. The number of nitrogens with one attached hydrogen (secondary N) is 1. The van der Waals surface area contributed by atoms with Crippen molar-refractivity contribution in [3.8, 4) is 0 Å². The average molecular weight is 412 g/mol. The maximum Gasteiger partial charge on any atom is 0.242 e. The molecule has 28 heavy (non-hydrogen) atoms. The van der Waals surface area contributed by atoms with Gasteiger partial charge in [-0.3, -0.25) is 0 Å². The number of aryl methyl sites for hydroxylation is 1. The van der Waals surface area contributed by atoms with E-state index >= 15 is 0 Å². The summed E-state index contributed by atoms with van der Waals surface area (Å²) >= 11 is 0. The lowest BCUT2D eigenvalue weighted by Gasteiger charge is -2.42. The van der Waals surface area contributed by atoms with Crippen LogP contribution >= 0.6 is 0 Å². The van der Waals surface area contributed by atoms with Gasteiger partial charge in [0.2, 0.25) is 10.0 Å². The predicted octanol–water partition coefficient (Wildman–Crippen LogP) is 2.63. The van der Waals surface area contributed by atoms with Gasteiger partial charge in [0, 0.05) is 32.4 Å². The number of pyridine rings is 1. The highest BCUT2D eigenvalue weighted by Crippen LogP contribution is 2.27. The summed E-state index contributed by atoms with van der Waals surface area (Å²) in [6, 6.07) is 1.83. The molecule has 1 atom stereocenters. The Kier molecular flexibility index (Phi) is 6.06. The SMILES string of the molecule is Cc1cc(N2CC(OC(C)(C)C)C2)ncc1S(=O)(=O)NCC1(C)CCCCO1. The first-order valence-electron chi connectivity index (χ1n) is 10.0. The first-order chi connectivity index (χ1) is 13.0. The summed E-state index contributed by atoms with van der Waals surface area (Å²) in [7, 11) is -3.63. The predicted molar refractivity (Wildman–Crippen MR) is 109 cm³/mol. The Hall–Kier alpha value is -1.22. The molecule has 8 heteroatoms. The standard InChI is InChI=1S/C20H33N3O4S/c1-15-10-18(23-12-16(13-23)27-19(2,3)4)21-11-17(15)28(24,25)22-14-20(5)8-6-7-9-26-20/h10-11,16,22H,6-9,12-14H2,1-5H3. The van der Waals surface area contributed by atoms with Crippen molar-refractivity contribution in [1.29, 1.82) is 0 Å². The van der Waals surface area contributed by atoms with Crippen molar-refractivity contribution in [1.82, 2.24) is 9.71 Å². The second-order valence-corrected chi connectivity index (χ2v) is 10.9. The maximum atomic E-state index is 12.8. The van der Waals surface area contributed by atoms with Crippen LogP contribution in [0, 0.1) is 6.92 Å². The molecule has 3 rings (SSSR count). The number of nitrogens with zero attached hydrogens (tertiary/aromatic N) is 2. The lowest BCUT2D eigenvalue weighted by molar-refractivity contribution is -0.0703. The van der Waals surface area contributed by atoms with Gasteiger partial charge in [-0.1, -0.05) is 0 Å². The quantitative estimate of drug-likeness (QED) is 0.775. The minimum absolute atomic E-state index is 0.164. The number of hydrogen-bond acceptors (Lipinski definition) is 6. The second kappa shape index (κ2) is 7.89. The molecule has 1 aromatic rings. The Morgan fingerprint density at radius 1 is 1.36 bits per heavy atom. The van der Waals surface area contributed by atoms with Crippen LogP contribution in [0.2, 0.25) is 0 Å². The van der Waals surface area contributed by atoms with Crippen molar-refractivity contribution in [3.05, 3.63) is 17.8 Å². The zero-order valence-electron chi connectivity index (χ0n) is 17.6. The highest BCUT2D eigenvalue weighted by Gasteiger charge is 2.33. The van der Waals surface area contributed by atoms with E-state index in [0.717, 1.165) is 38.2 Å². The van der Waals surface area contributed by atoms with E-state index in [9.17, 15) is 8.42 Å². The van der Waals surface area contributed by atoms with Gasteiger partial charge >= 0.3 is 0 Å². The maximum absolute atomic E-state index is 12.8. The summed E-state index contributed by atoms with van der Waals surface area (Å²) in [6.07, 6.45) is 4.59. The minimum atomic E-state index is -3.63. The van der Waals surface area contributed by atoms with Crippen molar-refractivity contribution >= 4 is 15.8 Å². The van der Waals surface area contributed by atoms with E-state index < -0.39 is 15.6 Å². The van der Waals surface area contributed by atoms with Crippen molar-refractivity contribution in [2.45, 2.75) is 76.1 Å². The molecule has 3 heterocycles. The number of rotatable bonds is 6. The summed E-state index contributed by atoms with van der Waals surface area (Å²) in [5.41, 5.74) is 0.0849. The Labute approximate surface area is 168 Å². The first-order valence-corrected chi connectivity index (χ1v) is 11.5. The van der Waals surface area contributed by atoms with Crippen LogP contribution in [-0.2, 0) is 19.5 Å². The first kappa shape index (κ1) is 21.5. The second-order valence-electron chi connectivity index (χ2n) is 9.15. The van der Waals surface area contributed by atoms with Crippen LogP contribution in [0.15, 0.2) is 17.2 Å². The van der Waals surface area contributed by atoms with Crippen LogP contribution in [-0.4, -0.2) is 56.9 Å². The highest BCUT2D eigenvalue weighted by molar-refractivity contribution is 7.89. The van der Waals surface area contributed by atoms with E-state index in [0.29, 0.717) is 12.2 Å². The monoisotopic (exact) mass is 411 g/mol. The zero-order valence-corrected chi connectivity index (χ0v) is 18.4. The Balaban J connectivity index is 1.62. The fourth-order valence-electron chi connectivity index (χ4n) is 3.64. The normalized spacial score (nSPS) is 24.2. The number of hydrogen-bond donors (Lipinski definition) is 1. The molecule has 1 aromatic heterocycles. The fraction of sp³-hybridized carbons (Fsp3) is 0.750. The van der Waals surface area contributed by atoms with Gasteiger partial charge in [0.05, 0.1) is 17.3 Å². The van der Waals surface area contributed by atoms with E-state index in [4.69, 9.17) is 9.47 Å². The van der Waals surface area contributed by atoms with Crippen LogP contribution in [0.25, 0.3) is 0 Å². The largest absolute Gasteiger partial charge is 0.374 e. The van der Waals surface area contributed by atoms with Crippen molar-refractivity contribution in [2.24, 2.45) is 0 Å². The fourth-order valence-corrected chi connectivity index (χ4v) is 4.96. The Morgan fingerprint density at radius 3 is 2.64 bits per heavy atom. The van der Waals surface area contributed by atoms with E-state index in [1.54, 1.807) is 0 Å². The summed E-state index contributed by atoms with van der Waals surface area (Å²) in [5, 5.41) is 0. The molecular weight excluding hydrogens is 378 g/mol. The highest BCUT2D eigenvalue weighted by atomic mass is 32.2. The van der Waals surface area contributed by atoms with Gasteiger partial charge in [-0.05, 0) is 65.5 Å². The molecule has 2 aliphatic heterocycles. The summed E-state index contributed by atoms with van der Waals surface area (Å²) in [6.45, 7) is 12.4. The zero-order chi connectivity index (χ0) is 20.6. The molecule has 0 aromatic carbocycles. The van der Waals surface area contributed by atoms with E-state index in [-0.39, 0.29) is 23.1 Å². The third kappa shape index (κ3) is 5.23. The molecule has 0 spiro atoms. The summed E-state index contributed by atoms with van der Waals surface area (Å²) < 4.78 is 40.0. The van der Waals surface area contributed by atoms with Crippen LogP contribution < -0.4 is 9.62 Å². The molecule has 0 radical (unpaired) electrons. The molecule has 2 saturated heterocycles. The van der Waals surface area contributed by atoms with Gasteiger partial charge in [0.15, 0.2) is 0 Å². The third-order valence-corrected chi connectivity index (χ3v) is 6.75. The number of sulfonamides is 1.